The zero-order valence-corrected chi connectivity index (χ0v) is 18.9. The highest BCUT2D eigenvalue weighted by molar-refractivity contribution is 7.93. The monoisotopic (exact) mass is 450 g/mol. The van der Waals surface area contributed by atoms with Gasteiger partial charge >= 0.3 is 0 Å². The molecule has 0 radical (unpaired) electrons. The summed E-state index contributed by atoms with van der Waals surface area (Å²) in [4.78, 5) is 4.96. The molecule has 2 aromatic heterocycles. The van der Waals surface area contributed by atoms with Crippen LogP contribution in [0.25, 0.3) is 45.2 Å². The quantitative estimate of drug-likeness (QED) is 0.313. The fourth-order valence-corrected chi connectivity index (χ4v) is 4.23. The van der Waals surface area contributed by atoms with Crippen LogP contribution >= 0.6 is 0 Å². The van der Waals surface area contributed by atoms with Crippen molar-refractivity contribution in [1.29, 1.82) is 0 Å². The smallest absolute Gasteiger partial charge is 0.168 e. The molecule has 3 aromatic carbocycles. The van der Waals surface area contributed by atoms with Crippen molar-refractivity contribution < 1.29 is 8.42 Å². The average molecular weight is 451 g/mol. The minimum Gasteiger partial charge on any atom is -0.305 e. The molecule has 162 valence electrons. The topological polar surface area (TPSA) is 51.4 Å². The van der Waals surface area contributed by atoms with E-state index in [0.717, 1.165) is 44.7 Å². The molecule has 0 amide bonds. The minimum absolute atomic E-state index is 0.823. The van der Waals surface area contributed by atoms with Crippen LogP contribution in [0.3, 0.4) is 0 Å². The third-order valence-corrected chi connectivity index (χ3v) is 6.09. The van der Waals surface area contributed by atoms with Gasteiger partial charge in [0.2, 0.25) is 0 Å². The molecule has 0 unspecified atom stereocenters. The number of rotatable bonds is 5. The van der Waals surface area contributed by atoms with E-state index in [2.05, 4.69) is 40.9 Å². The number of aromatic nitrogens is 2. The van der Waals surface area contributed by atoms with Crippen LogP contribution in [0.5, 0.6) is 0 Å². The molecule has 0 N–H and O–H groups in total. The summed E-state index contributed by atoms with van der Waals surface area (Å²) in [5.41, 5.74) is 7.98. The maximum absolute atomic E-state index is 11.4. The second-order valence-electron chi connectivity index (χ2n) is 7.99. The maximum Gasteiger partial charge on any atom is 0.168 e. The van der Waals surface area contributed by atoms with Gasteiger partial charge in [-0.25, -0.2) is 13.4 Å². The predicted molar refractivity (Wildman–Crippen MR) is 135 cm³/mol. The van der Waals surface area contributed by atoms with Crippen molar-refractivity contribution in [2.24, 2.45) is 0 Å². The Labute approximate surface area is 193 Å². The van der Waals surface area contributed by atoms with E-state index in [-0.39, 0.29) is 0 Å². The molecular weight excluding hydrogens is 428 g/mol. The molecule has 5 rings (SSSR count). The molecule has 4 nitrogen and oxygen atoms in total. The first kappa shape index (κ1) is 20.9. The molecule has 5 heteroatoms. The van der Waals surface area contributed by atoms with Crippen LogP contribution in [0.2, 0.25) is 0 Å². The number of hydrogen-bond donors (Lipinski definition) is 0. The normalized spacial score (nSPS) is 11.9. The Morgan fingerprint density at radius 2 is 1.36 bits per heavy atom. The average Bonchev–Trinajstić information content (AvgIpc) is 3.27. The van der Waals surface area contributed by atoms with Gasteiger partial charge in [-0.3, -0.25) is 0 Å². The van der Waals surface area contributed by atoms with Gasteiger partial charge in [-0.1, -0.05) is 84.9 Å². The van der Waals surface area contributed by atoms with E-state index in [1.165, 1.54) is 11.7 Å². The summed E-state index contributed by atoms with van der Waals surface area (Å²) in [6.45, 7) is 0. The number of fused-ring (bicyclic) bond motifs is 1. The number of benzene rings is 3. The Kier molecular flexibility index (Phi) is 5.40. The molecule has 2 heterocycles. The van der Waals surface area contributed by atoms with E-state index in [0.29, 0.717) is 0 Å². The van der Waals surface area contributed by atoms with Gasteiger partial charge in [0, 0.05) is 35.2 Å². The van der Waals surface area contributed by atoms with Crippen LogP contribution in [-0.2, 0) is 9.84 Å². The Morgan fingerprint density at radius 3 is 2.00 bits per heavy atom. The number of sulfone groups is 1. The molecule has 0 bridgehead atoms. The number of nitrogens with zero attached hydrogens (tertiary/aromatic N) is 2. The minimum atomic E-state index is -3.16. The number of hydrogen-bond acceptors (Lipinski definition) is 3. The van der Waals surface area contributed by atoms with Crippen LogP contribution in [0.15, 0.2) is 109 Å². The second-order valence-corrected chi connectivity index (χ2v) is 9.92. The van der Waals surface area contributed by atoms with Crippen molar-refractivity contribution in [3.05, 3.63) is 114 Å². The van der Waals surface area contributed by atoms with Crippen molar-refractivity contribution in [3.63, 3.8) is 0 Å². The van der Waals surface area contributed by atoms with Gasteiger partial charge in [0.05, 0.1) is 5.69 Å². The van der Waals surface area contributed by atoms with Gasteiger partial charge in [0.25, 0.3) is 0 Å². The van der Waals surface area contributed by atoms with Gasteiger partial charge in [0.15, 0.2) is 9.84 Å². The standard InChI is InChI=1S/C28H22N2O2S/c1-33(31,32)17-16-21-12-14-24(15-13-21)27-20-30-19-25(22-8-4-2-5-9-22)18-26(28(30)29-27)23-10-6-3-7-11-23/h2-20H,1H3. The predicted octanol–water partition coefficient (Wildman–Crippen LogP) is 6.35. The lowest BCUT2D eigenvalue weighted by Gasteiger charge is -2.09. The molecule has 0 aliphatic rings. The summed E-state index contributed by atoms with van der Waals surface area (Å²) in [5.74, 6) is 0. The first-order chi connectivity index (χ1) is 16.0. The van der Waals surface area contributed by atoms with Crippen LogP contribution in [0, 0.1) is 0 Å². The fraction of sp³-hybridized carbons (Fsp3) is 0.0357. The third kappa shape index (κ3) is 4.64. The van der Waals surface area contributed by atoms with E-state index in [4.69, 9.17) is 4.98 Å². The summed E-state index contributed by atoms with van der Waals surface area (Å²) in [5, 5.41) is 1.21. The van der Waals surface area contributed by atoms with Gasteiger partial charge in [-0.05, 0) is 34.4 Å². The lowest BCUT2D eigenvalue weighted by atomic mass is 10.0. The van der Waals surface area contributed by atoms with Gasteiger partial charge in [-0.15, -0.1) is 0 Å². The highest BCUT2D eigenvalue weighted by atomic mass is 32.2. The van der Waals surface area contributed by atoms with E-state index in [1.807, 2.05) is 66.9 Å². The summed E-state index contributed by atoms with van der Waals surface area (Å²) in [7, 11) is -3.16. The molecule has 0 atom stereocenters. The Balaban J connectivity index is 1.62. The van der Waals surface area contributed by atoms with Gasteiger partial charge in [0.1, 0.15) is 5.65 Å². The molecule has 0 saturated carbocycles. The molecule has 33 heavy (non-hydrogen) atoms. The van der Waals surface area contributed by atoms with E-state index < -0.39 is 9.84 Å². The highest BCUT2D eigenvalue weighted by Crippen LogP contribution is 2.32. The Bertz CT molecular complexity index is 1550. The second kappa shape index (κ2) is 8.52. The van der Waals surface area contributed by atoms with Crippen LogP contribution in [0.4, 0.5) is 0 Å². The summed E-state index contributed by atoms with van der Waals surface area (Å²) < 4.78 is 24.8. The number of imidazole rings is 1. The van der Waals surface area contributed by atoms with Crippen molar-refractivity contribution in [2.45, 2.75) is 0 Å². The zero-order chi connectivity index (χ0) is 22.8. The molecule has 0 spiro atoms. The van der Waals surface area contributed by atoms with Crippen LogP contribution in [-0.4, -0.2) is 24.1 Å². The first-order valence-corrected chi connectivity index (χ1v) is 12.5. The molecule has 0 saturated heterocycles. The van der Waals surface area contributed by atoms with E-state index in [1.54, 1.807) is 6.08 Å². The summed E-state index contributed by atoms with van der Waals surface area (Å²) in [6.07, 6.45) is 6.93. The van der Waals surface area contributed by atoms with Crippen molar-refractivity contribution >= 4 is 21.6 Å². The Hall–Kier alpha value is -3.96. The SMILES string of the molecule is CS(=O)(=O)C=Cc1ccc(-c2cn3cc(-c4ccccc4)cc(-c4ccccc4)c3n2)cc1. The first-order valence-electron chi connectivity index (χ1n) is 10.6. The van der Waals surface area contributed by atoms with Crippen molar-refractivity contribution in [2.75, 3.05) is 6.26 Å². The zero-order valence-electron chi connectivity index (χ0n) is 18.1. The van der Waals surface area contributed by atoms with E-state index >= 15 is 0 Å². The van der Waals surface area contributed by atoms with Crippen LogP contribution < -0.4 is 0 Å². The molecular formula is C28H22N2O2S. The highest BCUT2D eigenvalue weighted by Gasteiger charge is 2.12. The van der Waals surface area contributed by atoms with Gasteiger partial charge in [-0.2, -0.15) is 0 Å². The summed E-state index contributed by atoms with van der Waals surface area (Å²) in [6, 6.07) is 30.5. The van der Waals surface area contributed by atoms with Gasteiger partial charge < -0.3 is 4.40 Å². The fourth-order valence-electron chi connectivity index (χ4n) is 3.82. The van der Waals surface area contributed by atoms with Crippen molar-refractivity contribution in [1.82, 2.24) is 9.38 Å². The summed E-state index contributed by atoms with van der Waals surface area (Å²) >= 11 is 0. The third-order valence-electron chi connectivity index (χ3n) is 5.46. The van der Waals surface area contributed by atoms with Crippen molar-refractivity contribution in [3.8, 4) is 33.5 Å². The molecule has 5 aromatic rings. The van der Waals surface area contributed by atoms with Crippen LogP contribution in [0.1, 0.15) is 5.56 Å². The maximum atomic E-state index is 11.4. The van der Waals surface area contributed by atoms with E-state index in [9.17, 15) is 8.42 Å². The molecule has 0 aliphatic carbocycles. The number of pyridine rings is 1. The molecule has 0 aliphatic heterocycles. The lowest BCUT2D eigenvalue weighted by Crippen LogP contribution is -1.90. The lowest BCUT2D eigenvalue weighted by molar-refractivity contribution is 0.610. The molecule has 0 fully saturated rings. The largest absolute Gasteiger partial charge is 0.305 e. The Morgan fingerprint density at radius 1 is 0.727 bits per heavy atom.